The lowest BCUT2D eigenvalue weighted by Crippen LogP contribution is -2.40. The van der Waals surface area contributed by atoms with Crippen molar-refractivity contribution >= 4 is 29.2 Å². The van der Waals surface area contributed by atoms with E-state index < -0.39 is 5.97 Å². The highest BCUT2D eigenvalue weighted by Gasteiger charge is 2.57. The third-order valence-corrected chi connectivity index (χ3v) is 6.57. The zero-order valence-electron chi connectivity index (χ0n) is 15.4. The molecular formula is C21H22N2O5. The molecule has 2 saturated heterocycles. The van der Waals surface area contributed by atoms with Gasteiger partial charge in [-0.3, -0.25) is 9.59 Å². The molecule has 1 saturated carbocycles. The average molecular weight is 382 g/mol. The van der Waals surface area contributed by atoms with Crippen molar-refractivity contribution in [2.75, 3.05) is 36.1 Å². The quantitative estimate of drug-likeness (QED) is 0.635. The van der Waals surface area contributed by atoms with Crippen LogP contribution in [0.15, 0.2) is 30.4 Å². The van der Waals surface area contributed by atoms with Crippen molar-refractivity contribution in [1.29, 1.82) is 0 Å². The number of hydrogen-bond donors (Lipinski definition) is 1. The van der Waals surface area contributed by atoms with Gasteiger partial charge in [0.1, 0.15) is 0 Å². The number of para-hydroxylation sites is 1. The molecule has 4 unspecified atom stereocenters. The Labute approximate surface area is 162 Å². The number of aromatic carboxylic acids is 1. The van der Waals surface area contributed by atoms with E-state index in [0.29, 0.717) is 37.7 Å². The normalized spacial score (nSPS) is 31.4. The van der Waals surface area contributed by atoms with E-state index in [4.69, 9.17) is 4.74 Å². The lowest BCUT2D eigenvalue weighted by molar-refractivity contribution is -0.124. The second kappa shape index (κ2) is 6.44. The number of allylic oxidation sites excluding steroid dienone is 2. The Balaban J connectivity index is 1.61. The number of benzene rings is 1. The predicted molar refractivity (Wildman–Crippen MR) is 101 cm³/mol. The van der Waals surface area contributed by atoms with Gasteiger partial charge in [0.15, 0.2) is 0 Å². The maximum absolute atomic E-state index is 13.3. The van der Waals surface area contributed by atoms with E-state index in [-0.39, 0.29) is 41.0 Å². The molecule has 2 bridgehead atoms. The number of carbonyl (C=O) groups is 3. The number of anilines is 2. The van der Waals surface area contributed by atoms with Crippen LogP contribution >= 0.6 is 0 Å². The van der Waals surface area contributed by atoms with Crippen LogP contribution < -0.4 is 9.80 Å². The van der Waals surface area contributed by atoms with E-state index in [1.54, 1.807) is 12.1 Å². The van der Waals surface area contributed by atoms with Crippen molar-refractivity contribution in [3.05, 3.63) is 35.9 Å². The van der Waals surface area contributed by atoms with Crippen molar-refractivity contribution < 1.29 is 24.2 Å². The van der Waals surface area contributed by atoms with Crippen molar-refractivity contribution in [3.8, 4) is 0 Å². The van der Waals surface area contributed by atoms with Gasteiger partial charge >= 0.3 is 5.97 Å². The molecule has 4 atom stereocenters. The Morgan fingerprint density at radius 3 is 2.14 bits per heavy atom. The molecule has 0 radical (unpaired) electrons. The third kappa shape index (κ3) is 2.42. The summed E-state index contributed by atoms with van der Waals surface area (Å²) in [6.45, 7) is 2.00. The minimum absolute atomic E-state index is 0.103. The van der Waals surface area contributed by atoms with Crippen LogP contribution in [0.25, 0.3) is 0 Å². The Hall–Kier alpha value is -2.67. The number of carboxylic acids is 1. The standard InChI is InChI=1S/C21H22N2O5/c24-19-16-12-4-5-13(7-6-12)17(16)20(25)23(19)15-3-1-2-14(21(26)27)18(15)22-8-10-28-11-9-22/h1-5,12-13,16-17H,6-11H2,(H,26,27). The van der Waals surface area contributed by atoms with E-state index in [9.17, 15) is 19.5 Å². The van der Waals surface area contributed by atoms with Gasteiger partial charge in [-0.1, -0.05) is 18.2 Å². The second-order valence-electron chi connectivity index (χ2n) is 7.93. The molecule has 2 amide bonds. The highest BCUT2D eigenvalue weighted by atomic mass is 16.5. The molecule has 3 aliphatic carbocycles. The Bertz CT molecular complexity index is 857. The molecule has 28 heavy (non-hydrogen) atoms. The number of amides is 2. The van der Waals surface area contributed by atoms with Crippen LogP contribution in [-0.2, 0) is 14.3 Å². The first-order valence-electron chi connectivity index (χ1n) is 9.83. The van der Waals surface area contributed by atoms with E-state index in [0.717, 1.165) is 12.8 Å². The molecule has 1 aromatic rings. The first-order valence-corrected chi connectivity index (χ1v) is 9.83. The lowest BCUT2D eigenvalue weighted by atomic mass is 9.63. The van der Waals surface area contributed by atoms with Gasteiger partial charge in [-0.15, -0.1) is 0 Å². The zero-order valence-corrected chi connectivity index (χ0v) is 15.4. The maximum atomic E-state index is 13.3. The van der Waals surface area contributed by atoms with Crippen LogP contribution in [0.4, 0.5) is 11.4 Å². The summed E-state index contributed by atoms with van der Waals surface area (Å²) < 4.78 is 5.40. The lowest BCUT2D eigenvalue weighted by Gasteiger charge is -2.38. The number of hydrogen-bond acceptors (Lipinski definition) is 5. The van der Waals surface area contributed by atoms with Gasteiger partial charge in [0.05, 0.1) is 42.0 Å². The molecule has 3 fully saturated rings. The largest absolute Gasteiger partial charge is 0.478 e. The van der Waals surface area contributed by atoms with Crippen LogP contribution in [0.3, 0.4) is 0 Å². The number of ether oxygens (including phenoxy) is 1. The van der Waals surface area contributed by atoms with Gasteiger partial charge in [0.2, 0.25) is 11.8 Å². The molecule has 1 N–H and O–H groups in total. The summed E-state index contributed by atoms with van der Waals surface area (Å²) in [5, 5.41) is 9.74. The summed E-state index contributed by atoms with van der Waals surface area (Å²) in [7, 11) is 0. The van der Waals surface area contributed by atoms with Gasteiger partial charge in [-0.2, -0.15) is 0 Å². The van der Waals surface area contributed by atoms with Crippen LogP contribution in [0.2, 0.25) is 0 Å². The first kappa shape index (κ1) is 17.4. The number of carbonyl (C=O) groups excluding carboxylic acids is 2. The van der Waals surface area contributed by atoms with Crippen molar-refractivity contribution in [2.45, 2.75) is 12.8 Å². The third-order valence-electron chi connectivity index (χ3n) is 6.57. The fourth-order valence-corrected chi connectivity index (χ4v) is 5.32. The van der Waals surface area contributed by atoms with Gasteiger partial charge in [-0.25, -0.2) is 9.69 Å². The summed E-state index contributed by atoms with van der Waals surface area (Å²) in [6.07, 6.45) is 6.03. The number of nitrogens with zero attached hydrogens (tertiary/aromatic N) is 2. The van der Waals surface area contributed by atoms with Gasteiger partial charge in [-0.05, 0) is 36.8 Å². The molecular weight excluding hydrogens is 360 g/mol. The minimum Gasteiger partial charge on any atom is -0.478 e. The van der Waals surface area contributed by atoms with Crippen molar-refractivity contribution in [3.63, 3.8) is 0 Å². The molecule has 2 heterocycles. The fourth-order valence-electron chi connectivity index (χ4n) is 5.32. The van der Waals surface area contributed by atoms with Crippen LogP contribution in [0.1, 0.15) is 23.2 Å². The van der Waals surface area contributed by atoms with Gasteiger partial charge < -0.3 is 14.7 Å². The zero-order chi connectivity index (χ0) is 19.4. The number of carboxylic acid groups (broad SMARTS) is 1. The Kier molecular flexibility index (Phi) is 4.01. The second-order valence-corrected chi connectivity index (χ2v) is 7.93. The molecule has 2 aliphatic heterocycles. The summed E-state index contributed by atoms with van der Waals surface area (Å²) in [5.41, 5.74) is 0.945. The number of morpholine rings is 1. The minimum atomic E-state index is -1.07. The highest BCUT2D eigenvalue weighted by Crippen LogP contribution is 2.51. The molecule has 6 rings (SSSR count). The number of imide groups is 1. The SMILES string of the molecule is O=C(O)c1cccc(N2C(=O)C3C4C=CC(CC4)C3C2=O)c1N1CCOCC1. The molecule has 0 aromatic heterocycles. The molecule has 7 heteroatoms. The summed E-state index contributed by atoms with van der Waals surface area (Å²) in [5.74, 6) is -1.87. The average Bonchev–Trinajstić information content (AvgIpc) is 3.01. The molecule has 5 aliphatic rings. The van der Waals surface area contributed by atoms with Crippen LogP contribution in [0, 0.1) is 23.7 Å². The van der Waals surface area contributed by atoms with E-state index in [1.165, 1.54) is 11.0 Å². The Morgan fingerprint density at radius 2 is 1.61 bits per heavy atom. The molecule has 0 spiro atoms. The summed E-state index contributed by atoms with van der Waals surface area (Å²) in [4.78, 5) is 41.8. The first-order chi connectivity index (χ1) is 13.6. The van der Waals surface area contributed by atoms with Crippen molar-refractivity contribution in [1.82, 2.24) is 0 Å². The van der Waals surface area contributed by atoms with E-state index >= 15 is 0 Å². The highest BCUT2D eigenvalue weighted by molar-refractivity contribution is 6.24. The topological polar surface area (TPSA) is 87.2 Å². The summed E-state index contributed by atoms with van der Waals surface area (Å²) >= 11 is 0. The van der Waals surface area contributed by atoms with Gasteiger partial charge in [0.25, 0.3) is 0 Å². The van der Waals surface area contributed by atoms with Crippen molar-refractivity contribution in [2.24, 2.45) is 23.7 Å². The predicted octanol–water partition coefficient (Wildman–Crippen LogP) is 1.92. The number of rotatable bonds is 3. The Morgan fingerprint density at radius 1 is 1.00 bits per heavy atom. The number of fused-ring (bicyclic) bond motifs is 1. The molecule has 1 aromatic carbocycles. The van der Waals surface area contributed by atoms with Gasteiger partial charge in [0, 0.05) is 13.1 Å². The molecule has 7 nitrogen and oxygen atoms in total. The van der Waals surface area contributed by atoms with E-state index in [2.05, 4.69) is 12.2 Å². The smallest absolute Gasteiger partial charge is 0.337 e. The fraction of sp³-hybridized carbons (Fsp3) is 0.476. The van der Waals surface area contributed by atoms with Crippen LogP contribution in [0.5, 0.6) is 0 Å². The summed E-state index contributed by atoms with van der Waals surface area (Å²) in [6, 6.07) is 4.83. The molecule has 146 valence electrons. The van der Waals surface area contributed by atoms with E-state index in [1.807, 2.05) is 4.90 Å². The monoisotopic (exact) mass is 382 g/mol. The maximum Gasteiger partial charge on any atom is 0.337 e. The van der Waals surface area contributed by atoms with Crippen LogP contribution in [-0.4, -0.2) is 49.2 Å².